The van der Waals surface area contributed by atoms with Gasteiger partial charge in [0.2, 0.25) is 0 Å². The van der Waals surface area contributed by atoms with Crippen LogP contribution in [-0.4, -0.2) is 41.8 Å². The highest BCUT2D eigenvalue weighted by molar-refractivity contribution is 5.87. The first kappa shape index (κ1) is 21.2. The third-order valence-electron chi connectivity index (χ3n) is 10.7. The molecule has 0 amide bonds. The van der Waals surface area contributed by atoms with E-state index < -0.39 is 6.10 Å². The molecule has 0 spiro atoms. The Bertz CT molecular complexity index is 713. The number of carbonyl (C=O) groups is 1. The lowest BCUT2D eigenvalue weighted by Gasteiger charge is -2.63. The Morgan fingerprint density at radius 1 is 1.10 bits per heavy atom. The molecule has 1 saturated heterocycles. The molecule has 4 nitrogen and oxygen atoms in total. The number of ketones is 1. The number of rotatable bonds is 3. The maximum absolute atomic E-state index is 12.7. The van der Waals surface area contributed by atoms with Gasteiger partial charge >= 0.3 is 0 Å². The molecule has 168 valence electrons. The van der Waals surface area contributed by atoms with Gasteiger partial charge in [0.1, 0.15) is 5.78 Å². The van der Waals surface area contributed by atoms with Gasteiger partial charge in [0, 0.05) is 24.4 Å². The van der Waals surface area contributed by atoms with Gasteiger partial charge in [-0.15, -0.1) is 0 Å². The lowest BCUT2D eigenvalue weighted by Crippen LogP contribution is -2.62. The van der Waals surface area contributed by atoms with Gasteiger partial charge in [0.15, 0.2) is 0 Å². The molecule has 1 aliphatic heterocycles. The predicted molar refractivity (Wildman–Crippen MR) is 118 cm³/mol. The van der Waals surface area contributed by atoms with Crippen LogP contribution in [0.25, 0.3) is 0 Å². The zero-order valence-electron chi connectivity index (χ0n) is 18.9. The third kappa shape index (κ3) is 3.08. The van der Waals surface area contributed by atoms with Crippen molar-refractivity contribution in [2.75, 3.05) is 19.7 Å². The van der Waals surface area contributed by atoms with E-state index in [0.717, 1.165) is 44.7 Å². The minimum Gasteiger partial charge on any atom is -0.396 e. The standard InChI is InChI=1S/C26H41NO3/c1-25-10-7-16(3-4-17-9-12-27-14-17)13-21(25)18(15-28)24(30)23-19-5-6-22(29)26(19,2)11-8-20(23)25/h3,17-21,23-24,27-28,30H,4-15H2,1-2H3/b16-3+/t17?,18-,19?,20?,21?,23?,24-,25-,26+/m1/s1. The number of hydrogen-bond donors (Lipinski definition) is 3. The van der Waals surface area contributed by atoms with Crippen molar-refractivity contribution in [1.82, 2.24) is 5.32 Å². The maximum atomic E-state index is 12.7. The van der Waals surface area contributed by atoms with Crippen molar-refractivity contribution >= 4 is 5.78 Å². The van der Waals surface area contributed by atoms with Crippen LogP contribution in [0.2, 0.25) is 0 Å². The molecule has 5 rings (SSSR count). The molecule has 4 heteroatoms. The average Bonchev–Trinajstić information content (AvgIpc) is 3.36. The van der Waals surface area contributed by atoms with Crippen LogP contribution in [0.15, 0.2) is 11.6 Å². The Kier molecular flexibility index (Phi) is 5.43. The molecule has 4 saturated carbocycles. The zero-order chi connectivity index (χ0) is 21.1. The number of aliphatic hydroxyl groups excluding tert-OH is 2. The van der Waals surface area contributed by atoms with Gasteiger partial charge in [-0.05, 0) is 99.5 Å². The zero-order valence-corrected chi connectivity index (χ0v) is 18.9. The fraction of sp³-hybridized carbons (Fsp3) is 0.885. The van der Waals surface area contributed by atoms with Gasteiger partial charge in [-0.25, -0.2) is 0 Å². The average molecular weight is 416 g/mol. The molecule has 0 aromatic carbocycles. The molecule has 0 aromatic heterocycles. The Labute approximate surface area is 181 Å². The summed E-state index contributed by atoms with van der Waals surface area (Å²) in [5.74, 6) is 2.48. The molecule has 9 atom stereocenters. The highest BCUT2D eigenvalue weighted by Crippen LogP contribution is 2.67. The summed E-state index contributed by atoms with van der Waals surface area (Å²) in [6.45, 7) is 6.99. The number of Topliss-reactive ketones (excluding diaryl/α,β-unsaturated/α-hetero) is 1. The molecule has 30 heavy (non-hydrogen) atoms. The normalized spacial score (nSPS) is 52.2. The summed E-state index contributed by atoms with van der Waals surface area (Å²) >= 11 is 0. The fourth-order valence-electron chi connectivity index (χ4n) is 8.74. The monoisotopic (exact) mass is 415 g/mol. The highest BCUT2D eigenvalue weighted by Gasteiger charge is 2.64. The molecule has 3 N–H and O–H groups in total. The van der Waals surface area contributed by atoms with Gasteiger partial charge in [-0.2, -0.15) is 0 Å². The van der Waals surface area contributed by atoms with E-state index in [-0.39, 0.29) is 29.3 Å². The minimum absolute atomic E-state index is 0.0499. The van der Waals surface area contributed by atoms with Crippen molar-refractivity contribution in [1.29, 1.82) is 0 Å². The number of nitrogens with one attached hydrogen (secondary N) is 1. The van der Waals surface area contributed by atoms with E-state index in [1.54, 1.807) is 5.57 Å². The van der Waals surface area contributed by atoms with Gasteiger partial charge < -0.3 is 15.5 Å². The summed E-state index contributed by atoms with van der Waals surface area (Å²) in [6, 6.07) is 0. The van der Waals surface area contributed by atoms with Crippen LogP contribution in [0.1, 0.15) is 71.6 Å². The van der Waals surface area contributed by atoms with Gasteiger partial charge in [0.05, 0.1) is 6.10 Å². The summed E-state index contributed by atoms with van der Waals surface area (Å²) in [6.07, 6.45) is 11.6. The first-order valence-electron chi connectivity index (χ1n) is 12.6. The Morgan fingerprint density at radius 2 is 1.93 bits per heavy atom. The first-order valence-corrected chi connectivity index (χ1v) is 12.6. The molecule has 5 aliphatic rings. The Morgan fingerprint density at radius 3 is 2.67 bits per heavy atom. The quantitative estimate of drug-likeness (QED) is 0.615. The second-order valence-electron chi connectivity index (χ2n) is 11.8. The number of aliphatic hydroxyl groups is 2. The number of carbonyl (C=O) groups excluding carboxylic acids is 1. The smallest absolute Gasteiger partial charge is 0.139 e. The molecule has 0 radical (unpaired) electrons. The molecule has 0 aromatic rings. The van der Waals surface area contributed by atoms with Crippen molar-refractivity contribution in [3.05, 3.63) is 11.6 Å². The number of fused-ring (bicyclic) bond motifs is 5. The SMILES string of the molecule is C[C@]12CC/C(=C\CC3CCNC3)CC1[C@@H](CO)[C@@H](O)C1C2CC[C@]2(C)C(=O)CCC12. The second kappa shape index (κ2) is 7.71. The molecular weight excluding hydrogens is 374 g/mol. The van der Waals surface area contributed by atoms with E-state index >= 15 is 0 Å². The van der Waals surface area contributed by atoms with E-state index in [1.165, 1.54) is 25.7 Å². The van der Waals surface area contributed by atoms with Gasteiger partial charge in [-0.1, -0.05) is 25.5 Å². The number of allylic oxidation sites excluding steroid dienone is 2. The molecular formula is C26H41NO3. The molecule has 1 heterocycles. The van der Waals surface area contributed by atoms with Crippen molar-refractivity contribution in [2.24, 2.45) is 46.3 Å². The minimum atomic E-state index is -0.466. The summed E-state index contributed by atoms with van der Waals surface area (Å²) in [4.78, 5) is 12.7. The van der Waals surface area contributed by atoms with E-state index in [0.29, 0.717) is 30.0 Å². The predicted octanol–water partition coefficient (Wildman–Crippen LogP) is 3.71. The van der Waals surface area contributed by atoms with Crippen LogP contribution in [-0.2, 0) is 4.79 Å². The summed E-state index contributed by atoms with van der Waals surface area (Å²) in [7, 11) is 0. The fourth-order valence-corrected chi connectivity index (χ4v) is 8.74. The summed E-state index contributed by atoms with van der Waals surface area (Å²) in [5, 5.41) is 25.4. The van der Waals surface area contributed by atoms with E-state index in [1.807, 2.05) is 0 Å². The highest BCUT2D eigenvalue weighted by atomic mass is 16.3. The van der Waals surface area contributed by atoms with Crippen LogP contribution >= 0.6 is 0 Å². The van der Waals surface area contributed by atoms with Crippen LogP contribution < -0.4 is 5.32 Å². The summed E-state index contributed by atoms with van der Waals surface area (Å²) < 4.78 is 0. The van der Waals surface area contributed by atoms with Crippen LogP contribution in [0, 0.1) is 46.3 Å². The lowest BCUT2D eigenvalue weighted by atomic mass is 9.42. The number of hydrogen-bond acceptors (Lipinski definition) is 4. The van der Waals surface area contributed by atoms with Crippen molar-refractivity contribution in [3.8, 4) is 0 Å². The van der Waals surface area contributed by atoms with Crippen LogP contribution in [0.5, 0.6) is 0 Å². The van der Waals surface area contributed by atoms with Crippen molar-refractivity contribution < 1.29 is 15.0 Å². The van der Waals surface area contributed by atoms with Crippen molar-refractivity contribution in [2.45, 2.75) is 77.7 Å². The van der Waals surface area contributed by atoms with Crippen LogP contribution in [0.3, 0.4) is 0 Å². The van der Waals surface area contributed by atoms with Crippen LogP contribution in [0.4, 0.5) is 0 Å². The van der Waals surface area contributed by atoms with Crippen molar-refractivity contribution in [3.63, 3.8) is 0 Å². The lowest BCUT2D eigenvalue weighted by molar-refractivity contribution is -0.191. The second-order valence-corrected chi connectivity index (χ2v) is 11.8. The maximum Gasteiger partial charge on any atom is 0.139 e. The van der Waals surface area contributed by atoms with Gasteiger partial charge in [0.25, 0.3) is 0 Å². The van der Waals surface area contributed by atoms with E-state index in [9.17, 15) is 15.0 Å². The summed E-state index contributed by atoms with van der Waals surface area (Å²) in [5.41, 5.74) is 1.50. The first-order chi connectivity index (χ1) is 14.4. The topological polar surface area (TPSA) is 69.6 Å². The Balaban J connectivity index is 1.41. The molecule has 4 aliphatic carbocycles. The largest absolute Gasteiger partial charge is 0.396 e. The van der Waals surface area contributed by atoms with E-state index in [2.05, 4.69) is 25.2 Å². The molecule has 5 unspecified atom stereocenters. The van der Waals surface area contributed by atoms with Gasteiger partial charge in [-0.3, -0.25) is 4.79 Å². The third-order valence-corrected chi connectivity index (χ3v) is 10.7. The van der Waals surface area contributed by atoms with E-state index in [4.69, 9.17) is 0 Å². The Hall–Kier alpha value is -0.710. The molecule has 5 fully saturated rings. The molecule has 0 bridgehead atoms.